The molecule has 16 heavy (non-hydrogen) atoms. The Morgan fingerprint density at radius 3 is 2.94 bits per heavy atom. The van der Waals surface area contributed by atoms with Crippen LogP contribution in [-0.4, -0.2) is 29.7 Å². The van der Waals surface area contributed by atoms with Gasteiger partial charge in [0.2, 0.25) is 0 Å². The zero-order valence-corrected chi connectivity index (χ0v) is 9.45. The molecule has 0 aliphatic carbocycles. The third-order valence-corrected chi connectivity index (χ3v) is 2.87. The van der Waals surface area contributed by atoms with Crippen molar-refractivity contribution < 1.29 is 9.59 Å². The summed E-state index contributed by atoms with van der Waals surface area (Å²) in [5.74, 6) is -0.0660. The number of nitrogens with one attached hydrogen (secondary N) is 1. The molecule has 2 rings (SSSR count). The lowest BCUT2D eigenvalue weighted by Crippen LogP contribution is -2.35. The minimum absolute atomic E-state index is 0.380. The van der Waals surface area contributed by atoms with E-state index < -0.39 is 0 Å². The Hall–Kier alpha value is -1.58. The fourth-order valence-corrected chi connectivity index (χ4v) is 2.00. The molecule has 86 valence electrons. The predicted octanol–water partition coefficient (Wildman–Crippen LogP) is 0.959. The SMILES string of the molecule is CCCCCN1C(=O)C(=O)C2=C1NCC=C2. The van der Waals surface area contributed by atoms with Crippen LogP contribution in [0.2, 0.25) is 0 Å². The normalized spacial score (nSPS) is 19.2. The van der Waals surface area contributed by atoms with Gasteiger partial charge >= 0.3 is 5.91 Å². The molecule has 0 unspecified atom stereocenters. The molecule has 1 N–H and O–H groups in total. The van der Waals surface area contributed by atoms with E-state index >= 15 is 0 Å². The number of carbonyl (C=O) groups is 2. The van der Waals surface area contributed by atoms with Gasteiger partial charge in [-0.05, 0) is 12.5 Å². The second-order valence-corrected chi connectivity index (χ2v) is 4.04. The molecule has 1 amide bonds. The largest absolute Gasteiger partial charge is 0.367 e. The van der Waals surface area contributed by atoms with Crippen LogP contribution in [0.1, 0.15) is 26.2 Å². The number of rotatable bonds is 4. The first-order chi connectivity index (χ1) is 7.75. The van der Waals surface area contributed by atoms with Crippen LogP contribution < -0.4 is 5.32 Å². The number of unbranched alkanes of at least 4 members (excludes halogenated alkanes) is 2. The van der Waals surface area contributed by atoms with Crippen LogP contribution in [0.25, 0.3) is 0 Å². The van der Waals surface area contributed by atoms with Crippen LogP contribution in [-0.2, 0) is 9.59 Å². The zero-order chi connectivity index (χ0) is 11.5. The average Bonchev–Trinajstić information content (AvgIpc) is 2.55. The molecule has 2 aliphatic heterocycles. The molecule has 0 radical (unpaired) electrons. The number of carbonyl (C=O) groups excluding carboxylic acids is 2. The fraction of sp³-hybridized carbons (Fsp3) is 0.500. The van der Waals surface area contributed by atoms with Gasteiger partial charge in [-0.25, -0.2) is 0 Å². The first kappa shape index (κ1) is 10.9. The van der Waals surface area contributed by atoms with Crippen molar-refractivity contribution >= 4 is 11.7 Å². The van der Waals surface area contributed by atoms with Crippen molar-refractivity contribution in [2.75, 3.05) is 13.1 Å². The van der Waals surface area contributed by atoms with Crippen molar-refractivity contribution in [2.45, 2.75) is 26.2 Å². The summed E-state index contributed by atoms with van der Waals surface area (Å²) in [5, 5.41) is 3.10. The second-order valence-electron chi connectivity index (χ2n) is 4.04. The van der Waals surface area contributed by atoms with E-state index in [4.69, 9.17) is 0 Å². The van der Waals surface area contributed by atoms with Crippen LogP contribution >= 0.6 is 0 Å². The minimum atomic E-state index is -0.389. The maximum atomic E-state index is 11.7. The summed E-state index contributed by atoms with van der Waals surface area (Å²) in [5.41, 5.74) is 0.521. The van der Waals surface area contributed by atoms with E-state index in [1.807, 2.05) is 6.08 Å². The van der Waals surface area contributed by atoms with E-state index in [0.717, 1.165) is 19.3 Å². The van der Waals surface area contributed by atoms with Crippen LogP contribution in [0.15, 0.2) is 23.5 Å². The van der Waals surface area contributed by atoms with E-state index in [0.29, 0.717) is 24.5 Å². The second kappa shape index (κ2) is 4.51. The number of hydrogen-bond donors (Lipinski definition) is 1. The lowest BCUT2D eigenvalue weighted by molar-refractivity contribution is -0.139. The summed E-state index contributed by atoms with van der Waals surface area (Å²) in [6.07, 6.45) is 6.73. The van der Waals surface area contributed by atoms with E-state index in [1.165, 1.54) is 0 Å². The standard InChI is InChI=1S/C12H16N2O2/c1-2-3-4-8-14-11-9(6-5-7-13-11)10(15)12(14)16/h5-6,13H,2-4,7-8H2,1H3. The van der Waals surface area contributed by atoms with Gasteiger partial charge < -0.3 is 5.32 Å². The van der Waals surface area contributed by atoms with Gasteiger partial charge in [0.25, 0.3) is 5.78 Å². The van der Waals surface area contributed by atoms with Crippen molar-refractivity contribution in [1.82, 2.24) is 10.2 Å². The van der Waals surface area contributed by atoms with Gasteiger partial charge in [-0.2, -0.15) is 0 Å². The van der Waals surface area contributed by atoms with Gasteiger partial charge in [0.1, 0.15) is 5.82 Å². The quantitative estimate of drug-likeness (QED) is 0.567. The maximum Gasteiger partial charge on any atom is 0.300 e. The highest BCUT2D eigenvalue weighted by molar-refractivity contribution is 6.46. The van der Waals surface area contributed by atoms with Gasteiger partial charge in [0, 0.05) is 13.1 Å². The summed E-state index contributed by atoms with van der Waals surface area (Å²) >= 11 is 0. The number of nitrogens with zero attached hydrogens (tertiary/aromatic N) is 1. The van der Waals surface area contributed by atoms with E-state index in [9.17, 15) is 9.59 Å². The third kappa shape index (κ3) is 1.75. The number of ketones is 1. The Balaban J connectivity index is 2.12. The number of dihydropyridines is 1. The fourth-order valence-electron chi connectivity index (χ4n) is 2.00. The molecule has 0 aromatic heterocycles. The van der Waals surface area contributed by atoms with E-state index in [-0.39, 0.29) is 11.7 Å². The van der Waals surface area contributed by atoms with Crippen molar-refractivity contribution in [3.63, 3.8) is 0 Å². The molecule has 0 atom stereocenters. The van der Waals surface area contributed by atoms with Crippen molar-refractivity contribution in [3.8, 4) is 0 Å². The molecule has 0 aromatic rings. The lowest BCUT2D eigenvalue weighted by Gasteiger charge is -2.21. The zero-order valence-electron chi connectivity index (χ0n) is 9.45. The molecule has 0 aromatic carbocycles. The molecule has 2 heterocycles. The lowest BCUT2D eigenvalue weighted by atomic mass is 10.1. The number of allylic oxidation sites excluding steroid dienone is 1. The molecule has 4 nitrogen and oxygen atoms in total. The van der Waals surface area contributed by atoms with Gasteiger partial charge in [-0.3, -0.25) is 14.5 Å². The highest BCUT2D eigenvalue weighted by Gasteiger charge is 2.37. The smallest absolute Gasteiger partial charge is 0.300 e. The summed E-state index contributed by atoms with van der Waals surface area (Å²) < 4.78 is 0. The van der Waals surface area contributed by atoms with E-state index in [2.05, 4.69) is 12.2 Å². The van der Waals surface area contributed by atoms with Crippen LogP contribution in [0.5, 0.6) is 0 Å². The summed E-state index contributed by atoms with van der Waals surface area (Å²) in [4.78, 5) is 24.9. The van der Waals surface area contributed by atoms with E-state index in [1.54, 1.807) is 11.0 Å². The van der Waals surface area contributed by atoms with Crippen LogP contribution in [0, 0.1) is 0 Å². The Labute approximate surface area is 95.0 Å². The summed E-state index contributed by atoms with van der Waals surface area (Å²) in [6, 6.07) is 0. The third-order valence-electron chi connectivity index (χ3n) is 2.87. The maximum absolute atomic E-state index is 11.7. The molecular weight excluding hydrogens is 204 g/mol. The Morgan fingerprint density at radius 1 is 1.38 bits per heavy atom. The Kier molecular flexibility index (Phi) is 3.08. The predicted molar refractivity (Wildman–Crippen MR) is 60.4 cm³/mol. The molecule has 0 fully saturated rings. The van der Waals surface area contributed by atoms with Crippen molar-refractivity contribution in [1.29, 1.82) is 0 Å². The minimum Gasteiger partial charge on any atom is -0.367 e. The van der Waals surface area contributed by atoms with Gasteiger partial charge in [-0.1, -0.05) is 25.8 Å². The number of hydrogen-bond acceptors (Lipinski definition) is 3. The summed E-state index contributed by atoms with van der Waals surface area (Å²) in [6.45, 7) is 3.44. The molecule has 2 aliphatic rings. The first-order valence-electron chi connectivity index (χ1n) is 5.76. The highest BCUT2D eigenvalue weighted by Crippen LogP contribution is 2.23. The molecule has 4 heteroatoms. The van der Waals surface area contributed by atoms with Crippen molar-refractivity contribution in [2.24, 2.45) is 0 Å². The molecular formula is C12H16N2O2. The molecule has 0 saturated heterocycles. The molecule has 0 bridgehead atoms. The van der Waals surface area contributed by atoms with Gasteiger partial charge in [0.05, 0.1) is 5.57 Å². The Morgan fingerprint density at radius 2 is 2.19 bits per heavy atom. The molecule has 0 saturated carbocycles. The van der Waals surface area contributed by atoms with Crippen LogP contribution in [0.4, 0.5) is 0 Å². The van der Waals surface area contributed by atoms with Gasteiger partial charge in [0.15, 0.2) is 0 Å². The molecule has 0 spiro atoms. The number of amides is 1. The Bertz CT molecular complexity index is 382. The van der Waals surface area contributed by atoms with Crippen molar-refractivity contribution in [3.05, 3.63) is 23.5 Å². The summed E-state index contributed by atoms with van der Waals surface area (Å²) in [7, 11) is 0. The monoisotopic (exact) mass is 220 g/mol. The highest BCUT2D eigenvalue weighted by atomic mass is 16.2. The van der Waals surface area contributed by atoms with Crippen LogP contribution in [0.3, 0.4) is 0 Å². The topological polar surface area (TPSA) is 49.4 Å². The van der Waals surface area contributed by atoms with Gasteiger partial charge in [-0.15, -0.1) is 0 Å². The first-order valence-corrected chi connectivity index (χ1v) is 5.76. The number of Topliss-reactive ketones (excluding diaryl/α,β-unsaturated/α-hetero) is 1. The average molecular weight is 220 g/mol.